The molecular formula is C27H22F3N3O4. The second-order valence-corrected chi connectivity index (χ2v) is 8.86. The number of pyridine rings is 1. The molecule has 3 aromatic rings. The van der Waals surface area contributed by atoms with Gasteiger partial charge in [0.05, 0.1) is 29.4 Å². The first kappa shape index (κ1) is 24.4. The number of carbonyl (C=O) groups excluding carboxylic acids is 2. The quantitative estimate of drug-likeness (QED) is 0.316. The second kappa shape index (κ2) is 9.27. The van der Waals surface area contributed by atoms with Gasteiger partial charge in [-0.05, 0) is 53.6 Å². The van der Waals surface area contributed by atoms with Crippen LogP contribution in [0.4, 0.5) is 18.9 Å². The first-order chi connectivity index (χ1) is 17.6. The van der Waals surface area contributed by atoms with Crippen LogP contribution in [0.3, 0.4) is 0 Å². The summed E-state index contributed by atoms with van der Waals surface area (Å²) in [5.74, 6) is -1.60. The number of nitrogens with zero attached hydrogens (tertiary/aromatic N) is 3. The number of anilines is 1. The molecule has 1 saturated heterocycles. The predicted molar refractivity (Wildman–Crippen MR) is 129 cm³/mol. The highest BCUT2D eigenvalue weighted by Crippen LogP contribution is 2.42. The van der Waals surface area contributed by atoms with Crippen LogP contribution in [0.2, 0.25) is 0 Å². The summed E-state index contributed by atoms with van der Waals surface area (Å²) >= 11 is 0. The maximum absolute atomic E-state index is 13.3. The average molecular weight is 509 g/mol. The third-order valence-electron chi connectivity index (χ3n) is 6.50. The van der Waals surface area contributed by atoms with Crippen LogP contribution < -0.4 is 9.64 Å². The van der Waals surface area contributed by atoms with E-state index in [0.717, 1.165) is 12.1 Å². The second-order valence-electron chi connectivity index (χ2n) is 8.86. The summed E-state index contributed by atoms with van der Waals surface area (Å²) in [6.45, 7) is 0.881. The fourth-order valence-corrected chi connectivity index (χ4v) is 4.63. The van der Waals surface area contributed by atoms with E-state index in [9.17, 15) is 27.9 Å². The highest BCUT2D eigenvalue weighted by atomic mass is 19.4. The Morgan fingerprint density at radius 1 is 1.11 bits per heavy atom. The number of carbonyl (C=O) groups is 2. The van der Waals surface area contributed by atoms with E-state index in [1.165, 1.54) is 29.4 Å². The molecule has 37 heavy (non-hydrogen) atoms. The Labute approximate surface area is 210 Å². The molecule has 2 aliphatic rings. The van der Waals surface area contributed by atoms with Crippen molar-refractivity contribution in [2.75, 3.05) is 25.1 Å². The van der Waals surface area contributed by atoms with E-state index in [1.54, 1.807) is 30.3 Å². The maximum Gasteiger partial charge on any atom is 0.416 e. The lowest BCUT2D eigenvalue weighted by Gasteiger charge is -2.28. The Kier molecular flexibility index (Phi) is 6.10. The smallest absolute Gasteiger partial charge is 0.416 e. The number of likely N-dealkylation sites (N-methyl/N-ethyl adjacent to an activating group) is 1. The molecule has 1 fully saturated rings. The normalized spacial score (nSPS) is 19.1. The number of hydrogen-bond acceptors (Lipinski definition) is 6. The maximum atomic E-state index is 13.3. The minimum Gasteiger partial charge on any atom is -0.507 e. The van der Waals surface area contributed by atoms with Gasteiger partial charge in [0.2, 0.25) is 0 Å². The third-order valence-corrected chi connectivity index (χ3v) is 6.50. The van der Waals surface area contributed by atoms with Crippen molar-refractivity contribution < 1.29 is 32.6 Å². The van der Waals surface area contributed by atoms with Crippen molar-refractivity contribution in [3.8, 4) is 5.75 Å². The number of amides is 1. The highest BCUT2D eigenvalue weighted by molar-refractivity contribution is 6.46. The number of benzene rings is 2. The van der Waals surface area contributed by atoms with E-state index in [0.29, 0.717) is 35.7 Å². The van der Waals surface area contributed by atoms with Gasteiger partial charge in [-0.1, -0.05) is 12.1 Å². The van der Waals surface area contributed by atoms with Crippen LogP contribution in [0, 0.1) is 0 Å². The largest absolute Gasteiger partial charge is 0.507 e. The molecule has 2 aromatic carbocycles. The van der Waals surface area contributed by atoms with Gasteiger partial charge < -0.3 is 19.6 Å². The van der Waals surface area contributed by atoms with Crippen molar-refractivity contribution in [2.45, 2.75) is 18.8 Å². The molecule has 0 spiro atoms. The number of aliphatic hydroxyl groups is 1. The summed E-state index contributed by atoms with van der Waals surface area (Å²) in [6.07, 6.45) is -1.60. The fourth-order valence-electron chi connectivity index (χ4n) is 4.63. The summed E-state index contributed by atoms with van der Waals surface area (Å²) in [6, 6.07) is 11.7. The molecule has 2 aliphatic heterocycles. The van der Waals surface area contributed by atoms with Gasteiger partial charge in [-0.15, -0.1) is 0 Å². The number of Topliss-reactive ketones (excluding diaryl/α,β-unsaturated/α-hetero) is 1. The number of alkyl halides is 3. The number of ether oxygens (including phenoxy) is 1. The molecule has 190 valence electrons. The average Bonchev–Trinajstić information content (AvgIpc) is 3.13. The number of fused-ring (bicyclic) bond motifs is 1. The zero-order valence-electron chi connectivity index (χ0n) is 19.7. The molecule has 0 radical (unpaired) electrons. The van der Waals surface area contributed by atoms with Crippen LogP contribution in [0.1, 0.15) is 28.3 Å². The molecule has 1 unspecified atom stereocenters. The van der Waals surface area contributed by atoms with E-state index in [-0.39, 0.29) is 23.4 Å². The van der Waals surface area contributed by atoms with E-state index in [2.05, 4.69) is 4.98 Å². The minimum atomic E-state index is -4.56. The van der Waals surface area contributed by atoms with Gasteiger partial charge in [0.1, 0.15) is 18.1 Å². The van der Waals surface area contributed by atoms with Gasteiger partial charge >= 0.3 is 6.18 Å². The number of aliphatic hydroxyl groups excluding tert-OH is 1. The Bertz CT molecular complexity index is 1410. The van der Waals surface area contributed by atoms with Gasteiger partial charge in [-0.25, -0.2) is 0 Å². The molecule has 1 N–H and O–H groups in total. The lowest BCUT2D eigenvalue weighted by molar-refractivity contribution is -0.140. The minimum absolute atomic E-state index is 0.150. The van der Waals surface area contributed by atoms with Crippen molar-refractivity contribution >= 4 is 23.1 Å². The molecule has 10 heteroatoms. The van der Waals surface area contributed by atoms with Crippen LogP contribution in [-0.2, 0) is 22.3 Å². The molecule has 0 bridgehead atoms. The van der Waals surface area contributed by atoms with Crippen LogP contribution in [0.15, 0.2) is 72.6 Å². The van der Waals surface area contributed by atoms with Crippen LogP contribution >= 0.6 is 0 Å². The van der Waals surface area contributed by atoms with Gasteiger partial charge in [0.25, 0.3) is 11.7 Å². The molecule has 3 heterocycles. The number of ketones is 1. The Morgan fingerprint density at radius 2 is 1.86 bits per heavy atom. The summed E-state index contributed by atoms with van der Waals surface area (Å²) in [5.41, 5.74) is 0.704. The summed E-state index contributed by atoms with van der Waals surface area (Å²) in [5, 5.41) is 11.3. The van der Waals surface area contributed by atoms with E-state index >= 15 is 0 Å². The standard InChI is InChI=1S/C27H22F3N3O4/c1-32-11-12-37-21-6-5-18(14-20(21)32)24(34)22-23(17-7-9-31-10-8-17)33(26(36)25(22)35)15-16-3-2-4-19(13-16)27(28,29)30/h2-10,13-14,23,34H,11-12,15H2,1H3/b24-22-. The number of aromatic nitrogens is 1. The van der Waals surface area contributed by atoms with Crippen LogP contribution in [-0.4, -0.2) is 46.9 Å². The van der Waals surface area contributed by atoms with Crippen molar-refractivity contribution in [2.24, 2.45) is 0 Å². The first-order valence-corrected chi connectivity index (χ1v) is 11.5. The summed E-state index contributed by atoms with van der Waals surface area (Å²) in [7, 11) is 1.87. The lowest BCUT2D eigenvalue weighted by atomic mass is 9.95. The molecule has 5 rings (SSSR count). The van der Waals surface area contributed by atoms with E-state index in [1.807, 2.05) is 11.9 Å². The number of halogens is 3. The van der Waals surface area contributed by atoms with Gasteiger partial charge in [0.15, 0.2) is 0 Å². The highest BCUT2D eigenvalue weighted by Gasteiger charge is 2.46. The van der Waals surface area contributed by atoms with Crippen molar-refractivity contribution in [1.82, 2.24) is 9.88 Å². The van der Waals surface area contributed by atoms with Crippen LogP contribution in [0.25, 0.3) is 5.76 Å². The zero-order chi connectivity index (χ0) is 26.3. The molecule has 1 atom stereocenters. The SMILES string of the molecule is CN1CCOc2ccc(/C(O)=C3/C(=O)C(=O)N(Cc4cccc(C(F)(F)F)c4)C3c3ccncc3)cc21. The lowest BCUT2D eigenvalue weighted by Crippen LogP contribution is -2.29. The van der Waals surface area contributed by atoms with Gasteiger partial charge in [-0.2, -0.15) is 13.2 Å². The first-order valence-electron chi connectivity index (χ1n) is 11.5. The molecule has 1 aromatic heterocycles. The Morgan fingerprint density at radius 3 is 2.59 bits per heavy atom. The van der Waals surface area contributed by atoms with Gasteiger partial charge in [-0.3, -0.25) is 14.6 Å². The van der Waals surface area contributed by atoms with Gasteiger partial charge in [0, 0.05) is 31.5 Å². The Balaban J connectivity index is 1.60. The zero-order valence-corrected chi connectivity index (χ0v) is 19.7. The van der Waals surface area contributed by atoms with Crippen LogP contribution in [0.5, 0.6) is 5.75 Å². The molecule has 0 aliphatic carbocycles. The predicted octanol–water partition coefficient (Wildman–Crippen LogP) is 4.55. The fraction of sp³-hybridized carbons (Fsp3) is 0.222. The molecular weight excluding hydrogens is 487 g/mol. The van der Waals surface area contributed by atoms with Crippen molar-refractivity contribution in [1.29, 1.82) is 0 Å². The van der Waals surface area contributed by atoms with E-state index < -0.39 is 29.5 Å². The number of hydrogen-bond donors (Lipinski definition) is 1. The number of likely N-dealkylation sites (tertiary alicyclic amines) is 1. The van der Waals surface area contributed by atoms with E-state index in [4.69, 9.17) is 4.74 Å². The summed E-state index contributed by atoms with van der Waals surface area (Å²) in [4.78, 5) is 33.5. The number of rotatable bonds is 4. The van der Waals surface area contributed by atoms with Crippen molar-refractivity contribution in [3.05, 3.63) is 94.8 Å². The molecule has 7 nitrogen and oxygen atoms in total. The Hall–Kier alpha value is -4.34. The van der Waals surface area contributed by atoms with Crippen molar-refractivity contribution in [3.63, 3.8) is 0 Å². The monoisotopic (exact) mass is 509 g/mol. The molecule has 1 amide bonds. The molecule has 0 saturated carbocycles. The topological polar surface area (TPSA) is 83.0 Å². The third kappa shape index (κ3) is 4.50. The summed E-state index contributed by atoms with van der Waals surface area (Å²) < 4.78 is 45.5.